The van der Waals surface area contributed by atoms with Crippen molar-refractivity contribution in [1.29, 1.82) is 0 Å². The third-order valence-corrected chi connectivity index (χ3v) is 5.04. The number of benzene rings is 2. The number of thioether (sulfide) groups is 1. The Morgan fingerprint density at radius 1 is 0.826 bits per heavy atom. The summed E-state index contributed by atoms with van der Waals surface area (Å²) in [5.74, 6) is 2.32. The molecule has 23 heavy (non-hydrogen) atoms. The minimum Gasteiger partial charge on any atom is -0.376 e. The van der Waals surface area contributed by atoms with Crippen LogP contribution in [-0.4, -0.2) is 24.7 Å². The van der Waals surface area contributed by atoms with Gasteiger partial charge in [-0.05, 0) is 23.1 Å². The van der Waals surface area contributed by atoms with E-state index in [-0.39, 0.29) is 0 Å². The quantitative estimate of drug-likeness (QED) is 0.680. The molecule has 3 rings (SSSR count). The van der Waals surface area contributed by atoms with Gasteiger partial charge in [-0.2, -0.15) is 11.8 Å². The second kappa shape index (κ2) is 8.53. The van der Waals surface area contributed by atoms with Crippen molar-refractivity contribution in [2.45, 2.75) is 19.3 Å². The van der Waals surface area contributed by atoms with Gasteiger partial charge >= 0.3 is 0 Å². The summed E-state index contributed by atoms with van der Waals surface area (Å²) in [7, 11) is 0. The van der Waals surface area contributed by atoms with Gasteiger partial charge in [-0.25, -0.2) is 0 Å². The Bertz CT molecular complexity index is 573. The average Bonchev–Trinajstić information content (AvgIpc) is 3.26. The van der Waals surface area contributed by atoms with E-state index in [2.05, 4.69) is 54.8 Å². The maximum absolute atomic E-state index is 6.13. The summed E-state index contributed by atoms with van der Waals surface area (Å²) in [5, 5.41) is 0. The van der Waals surface area contributed by atoms with Gasteiger partial charge in [0, 0.05) is 11.8 Å². The highest BCUT2D eigenvalue weighted by Gasteiger charge is 2.50. The predicted molar refractivity (Wildman–Crippen MR) is 96.5 cm³/mol. The Labute approximate surface area is 143 Å². The van der Waals surface area contributed by atoms with E-state index in [0.717, 1.165) is 12.4 Å². The van der Waals surface area contributed by atoms with Gasteiger partial charge in [0.15, 0.2) is 0 Å². The molecule has 0 aliphatic heterocycles. The van der Waals surface area contributed by atoms with E-state index in [0.29, 0.717) is 31.2 Å². The zero-order valence-corrected chi connectivity index (χ0v) is 14.4. The van der Waals surface area contributed by atoms with Crippen molar-refractivity contribution in [2.75, 3.05) is 18.6 Å². The number of rotatable bonds is 9. The molecule has 0 amide bonds. The van der Waals surface area contributed by atoms with Gasteiger partial charge in [0.2, 0.25) is 0 Å². The molecule has 122 valence electrons. The Morgan fingerprint density at radius 3 is 2.04 bits per heavy atom. The predicted octanol–water partition coefficient (Wildman–Crippen LogP) is 4.40. The molecule has 0 aromatic heterocycles. The van der Waals surface area contributed by atoms with E-state index in [9.17, 15) is 0 Å². The Balaban J connectivity index is 1.44. The summed E-state index contributed by atoms with van der Waals surface area (Å²) in [6.45, 7) is 2.18. The van der Waals surface area contributed by atoms with Crippen molar-refractivity contribution in [1.82, 2.24) is 0 Å². The van der Waals surface area contributed by atoms with Crippen LogP contribution in [0.2, 0.25) is 0 Å². The van der Waals surface area contributed by atoms with Crippen LogP contribution < -0.4 is 0 Å². The molecule has 0 radical (unpaired) electrons. The second-order valence-electron chi connectivity index (χ2n) is 6.04. The van der Waals surface area contributed by atoms with Crippen molar-refractivity contribution in [3.05, 3.63) is 71.8 Å². The van der Waals surface area contributed by atoms with Gasteiger partial charge in [-0.3, -0.25) is 0 Å². The lowest BCUT2D eigenvalue weighted by atomic mass is 10.2. The van der Waals surface area contributed by atoms with Crippen LogP contribution in [0.3, 0.4) is 0 Å². The lowest BCUT2D eigenvalue weighted by Gasteiger charge is -2.05. The fourth-order valence-electron chi connectivity index (χ4n) is 2.94. The summed E-state index contributed by atoms with van der Waals surface area (Å²) < 4.78 is 12.0. The van der Waals surface area contributed by atoms with Gasteiger partial charge < -0.3 is 9.47 Å². The van der Waals surface area contributed by atoms with Crippen LogP contribution in [0.15, 0.2) is 60.7 Å². The molecule has 1 saturated carbocycles. The lowest BCUT2D eigenvalue weighted by molar-refractivity contribution is 0.0606. The highest BCUT2D eigenvalue weighted by molar-refractivity contribution is 7.98. The molecule has 0 bridgehead atoms. The summed E-state index contributed by atoms with van der Waals surface area (Å²) in [6.07, 6.45) is 2.51. The standard InChI is InChI=1S/C20H24O2S/c1-23-15-19-18(14-21-12-16-8-4-2-5-9-16)20(19)22-13-17-10-6-3-7-11-17/h2-11,18-20H,12-15H2,1H3/t18-,19?,20-/m1/s1. The van der Waals surface area contributed by atoms with E-state index in [1.54, 1.807) is 0 Å². The molecule has 0 spiro atoms. The first-order valence-electron chi connectivity index (χ1n) is 8.14. The zero-order valence-electron chi connectivity index (χ0n) is 13.6. The van der Waals surface area contributed by atoms with Crippen LogP contribution >= 0.6 is 11.8 Å². The molecule has 1 aliphatic rings. The minimum atomic E-state index is 0.346. The molecule has 2 aromatic carbocycles. The fraction of sp³-hybridized carbons (Fsp3) is 0.400. The molecule has 1 fully saturated rings. The number of hydrogen-bond acceptors (Lipinski definition) is 3. The van der Waals surface area contributed by atoms with Crippen molar-refractivity contribution in [3.63, 3.8) is 0 Å². The third kappa shape index (κ3) is 4.84. The van der Waals surface area contributed by atoms with Gasteiger partial charge in [0.05, 0.1) is 25.9 Å². The largest absolute Gasteiger partial charge is 0.376 e. The second-order valence-corrected chi connectivity index (χ2v) is 6.96. The Kier molecular flexibility index (Phi) is 6.14. The van der Waals surface area contributed by atoms with Crippen LogP contribution in [0.5, 0.6) is 0 Å². The van der Waals surface area contributed by atoms with Crippen LogP contribution in [-0.2, 0) is 22.7 Å². The van der Waals surface area contributed by atoms with Crippen molar-refractivity contribution < 1.29 is 9.47 Å². The first-order chi connectivity index (χ1) is 11.4. The van der Waals surface area contributed by atoms with E-state index in [1.165, 1.54) is 11.1 Å². The molecule has 0 saturated heterocycles. The molecule has 2 aromatic rings. The van der Waals surface area contributed by atoms with Crippen LogP contribution in [0, 0.1) is 11.8 Å². The summed E-state index contributed by atoms with van der Waals surface area (Å²) in [4.78, 5) is 0. The van der Waals surface area contributed by atoms with Crippen molar-refractivity contribution >= 4 is 11.8 Å². The molecular formula is C20H24O2S. The van der Waals surface area contributed by atoms with E-state index >= 15 is 0 Å². The maximum Gasteiger partial charge on any atom is 0.0720 e. The monoisotopic (exact) mass is 328 g/mol. The average molecular weight is 328 g/mol. The number of hydrogen-bond donors (Lipinski definition) is 0. The Morgan fingerprint density at radius 2 is 1.43 bits per heavy atom. The summed E-state index contributed by atoms with van der Waals surface area (Å²) >= 11 is 1.90. The molecule has 2 nitrogen and oxygen atoms in total. The van der Waals surface area contributed by atoms with E-state index < -0.39 is 0 Å². The fourth-order valence-corrected chi connectivity index (χ4v) is 3.76. The molecule has 3 heteroatoms. The number of ether oxygens (including phenoxy) is 2. The summed E-state index contributed by atoms with van der Waals surface area (Å²) in [6, 6.07) is 20.8. The lowest BCUT2D eigenvalue weighted by Crippen LogP contribution is -2.03. The highest BCUT2D eigenvalue weighted by Crippen LogP contribution is 2.44. The molecular weight excluding hydrogens is 304 g/mol. The smallest absolute Gasteiger partial charge is 0.0720 e. The molecule has 1 aliphatic carbocycles. The summed E-state index contributed by atoms with van der Waals surface area (Å²) in [5.41, 5.74) is 2.47. The van der Waals surface area contributed by atoms with Crippen molar-refractivity contribution in [2.24, 2.45) is 11.8 Å². The molecule has 1 unspecified atom stereocenters. The first-order valence-corrected chi connectivity index (χ1v) is 9.54. The van der Waals surface area contributed by atoms with E-state index in [1.807, 2.05) is 23.9 Å². The SMILES string of the molecule is CSCC1[C@@H](COCc2ccccc2)[C@H]1OCc1ccccc1. The van der Waals surface area contributed by atoms with Crippen LogP contribution in [0.25, 0.3) is 0 Å². The topological polar surface area (TPSA) is 18.5 Å². The molecule has 0 N–H and O–H groups in total. The first kappa shape index (κ1) is 16.6. The van der Waals surface area contributed by atoms with Gasteiger partial charge in [-0.15, -0.1) is 0 Å². The normalized spacial score (nSPS) is 22.9. The van der Waals surface area contributed by atoms with Crippen LogP contribution in [0.4, 0.5) is 0 Å². The maximum atomic E-state index is 6.13. The highest BCUT2D eigenvalue weighted by atomic mass is 32.2. The Hall–Kier alpha value is -1.29. The third-order valence-electron chi connectivity index (χ3n) is 4.32. The minimum absolute atomic E-state index is 0.346. The zero-order chi connectivity index (χ0) is 15.9. The van der Waals surface area contributed by atoms with Gasteiger partial charge in [0.25, 0.3) is 0 Å². The molecule has 3 atom stereocenters. The van der Waals surface area contributed by atoms with E-state index in [4.69, 9.17) is 9.47 Å². The van der Waals surface area contributed by atoms with Gasteiger partial charge in [-0.1, -0.05) is 60.7 Å². The molecule has 0 heterocycles. The van der Waals surface area contributed by atoms with Crippen molar-refractivity contribution in [3.8, 4) is 0 Å². The van der Waals surface area contributed by atoms with Gasteiger partial charge in [0.1, 0.15) is 0 Å². The van der Waals surface area contributed by atoms with Crippen LogP contribution in [0.1, 0.15) is 11.1 Å².